The van der Waals surface area contributed by atoms with Crippen LogP contribution in [0.3, 0.4) is 0 Å². The third-order valence-corrected chi connectivity index (χ3v) is 2.56. The van der Waals surface area contributed by atoms with E-state index < -0.39 is 0 Å². The van der Waals surface area contributed by atoms with E-state index in [0.717, 1.165) is 6.42 Å². The predicted molar refractivity (Wildman–Crippen MR) is 61.8 cm³/mol. The van der Waals surface area contributed by atoms with Crippen LogP contribution in [-0.4, -0.2) is 9.78 Å². The molecule has 1 heterocycles. The number of hydrogen-bond acceptors (Lipinski definition) is 1. The molecule has 0 bridgehead atoms. The zero-order chi connectivity index (χ0) is 10.7. The van der Waals surface area contributed by atoms with Gasteiger partial charge in [0.1, 0.15) is 0 Å². The maximum atomic E-state index is 4.33. The van der Waals surface area contributed by atoms with Crippen LogP contribution >= 0.6 is 0 Å². The second-order valence-electron chi connectivity index (χ2n) is 4.04. The molecule has 0 spiro atoms. The molecule has 78 valence electrons. The monoisotopic (exact) mass is 200 g/mol. The molecule has 0 aliphatic heterocycles. The maximum absolute atomic E-state index is 4.33. The van der Waals surface area contributed by atoms with Crippen LogP contribution in [0.5, 0.6) is 0 Å². The average molecular weight is 200 g/mol. The number of rotatable bonds is 3. The molecule has 1 aromatic heterocycles. The zero-order valence-electron chi connectivity index (χ0n) is 9.22. The highest BCUT2D eigenvalue weighted by atomic mass is 15.3. The highest BCUT2D eigenvalue weighted by molar-refractivity contribution is 5.15. The molecule has 2 nitrogen and oxygen atoms in total. The second-order valence-corrected chi connectivity index (χ2v) is 4.04. The van der Waals surface area contributed by atoms with E-state index in [2.05, 4.69) is 49.4 Å². The molecule has 1 unspecified atom stereocenters. The fourth-order valence-electron chi connectivity index (χ4n) is 1.72. The highest BCUT2D eigenvalue weighted by Gasteiger charge is 2.05. The van der Waals surface area contributed by atoms with Crippen LogP contribution in [0.25, 0.3) is 0 Å². The number of benzene rings is 1. The first-order chi connectivity index (χ1) is 7.25. The molecule has 2 aromatic rings. The van der Waals surface area contributed by atoms with Crippen LogP contribution in [-0.2, 0) is 6.42 Å². The molecule has 2 rings (SSSR count). The van der Waals surface area contributed by atoms with Gasteiger partial charge in [-0.1, -0.05) is 30.3 Å². The van der Waals surface area contributed by atoms with Crippen molar-refractivity contribution in [3.63, 3.8) is 0 Å². The first-order valence-electron chi connectivity index (χ1n) is 5.30. The summed E-state index contributed by atoms with van der Waals surface area (Å²) in [7, 11) is 0. The van der Waals surface area contributed by atoms with E-state index in [0.29, 0.717) is 6.04 Å². The van der Waals surface area contributed by atoms with Gasteiger partial charge in [0.25, 0.3) is 0 Å². The molecule has 1 atom stereocenters. The predicted octanol–water partition coefficient (Wildman–Crippen LogP) is 3.00. The number of aryl methyl sites for hydroxylation is 1. The summed E-state index contributed by atoms with van der Waals surface area (Å²) in [6.45, 7) is 4.26. The topological polar surface area (TPSA) is 17.8 Å². The Kier molecular flexibility index (Phi) is 2.86. The van der Waals surface area contributed by atoms with Gasteiger partial charge in [-0.15, -0.1) is 0 Å². The van der Waals surface area contributed by atoms with Gasteiger partial charge < -0.3 is 0 Å². The Labute approximate surface area is 90.6 Å². The maximum Gasteiger partial charge on any atom is 0.0531 e. The van der Waals surface area contributed by atoms with E-state index in [1.165, 1.54) is 11.1 Å². The lowest BCUT2D eigenvalue weighted by molar-refractivity contribution is 0.488. The van der Waals surface area contributed by atoms with Crippen LogP contribution in [0.1, 0.15) is 24.1 Å². The molecular weight excluding hydrogens is 184 g/mol. The molecule has 0 radical (unpaired) electrons. The fraction of sp³-hybridized carbons (Fsp3) is 0.308. The Morgan fingerprint density at radius 1 is 1.27 bits per heavy atom. The molecular formula is C13H16N2. The first kappa shape index (κ1) is 9.97. The minimum atomic E-state index is 0.418. The van der Waals surface area contributed by atoms with Gasteiger partial charge in [0.15, 0.2) is 0 Å². The lowest BCUT2D eigenvalue weighted by Gasteiger charge is -2.11. The summed E-state index contributed by atoms with van der Waals surface area (Å²) in [5.41, 5.74) is 2.58. The van der Waals surface area contributed by atoms with Gasteiger partial charge in [0.2, 0.25) is 0 Å². The average Bonchev–Trinajstić information content (AvgIpc) is 2.66. The molecule has 0 N–H and O–H groups in total. The van der Waals surface area contributed by atoms with E-state index in [-0.39, 0.29) is 0 Å². The van der Waals surface area contributed by atoms with E-state index in [1.54, 1.807) is 0 Å². The molecule has 0 saturated carbocycles. The van der Waals surface area contributed by atoms with Crippen molar-refractivity contribution >= 4 is 0 Å². The molecule has 15 heavy (non-hydrogen) atoms. The normalized spacial score (nSPS) is 12.7. The molecule has 2 heteroatoms. The lowest BCUT2D eigenvalue weighted by Crippen LogP contribution is -2.08. The third-order valence-electron chi connectivity index (χ3n) is 2.56. The van der Waals surface area contributed by atoms with Crippen molar-refractivity contribution in [1.29, 1.82) is 0 Å². The van der Waals surface area contributed by atoms with Crippen molar-refractivity contribution in [1.82, 2.24) is 9.78 Å². The van der Waals surface area contributed by atoms with Crippen LogP contribution < -0.4 is 0 Å². The van der Waals surface area contributed by atoms with Crippen molar-refractivity contribution in [2.45, 2.75) is 26.3 Å². The van der Waals surface area contributed by atoms with E-state index >= 15 is 0 Å². The Morgan fingerprint density at radius 3 is 2.60 bits per heavy atom. The molecule has 0 amide bonds. The minimum Gasteiger partial charge on any atom is -0.269 e. The summed E-state index contributed by atoms with van der Waals surface area (Å²) >= 11 is 0. The van der Waals surface area contributed by atoms with Crippen LogP contribution in [0.2, 0.25) is 0 Å². The lowest BCUT2D eigenvalue weighted by atomic mass is 10.1. The molecule has 0 aliphatic rings. The zero-order valence-corrected chi connectivity index (χ0v) is 9.22. The summed E-state index contributed by atoms with van der Waals surface area (Å²) < 4.78 is 2.03. The van der Waals surface area contributed by atoms with Gasteiger partial charge >= 0.3 is 0 Å². The van der Waals surface area contributed by atoms with Gasteiger partial charge in [-0.05, 0) is 31.4 Å². The molecule has 0 fully saturated rings. The van der Waals surface area contributed by atoms with Crippen LogP contribution in [0.15, 0.2) is 42.7 Å². The highest BCUT2D eigenvalue weighted by Crippen LogP contribution is 2.13. The van der Waals surface area contributed by atoms with E-state index in [1.807, 2.05) is 16.9 Å². The van der Waals surface area contributed by atoms with Crippen molar-refractivity contribution in [3.05, 3.63) is 53.9 Å². The van der Waals surface area contributed by atoms with Gasteiger partial charge in [0, 0.05) is 6.20 Å². The van der Waals surface area contributed by atoms with Crippen molar-refractivity contribution in [3.8, 4) is 0 Å². The number of aromatic nitrogens is 2. The van der Waals surface area contributed by atoms with Gasteiger partial charge in [-0.2, -0.15) is 5.10 Å². The van der Waals surface area contributed by atoms with Crippen molar-refractivity contribution in [2.75, 3.05) is 0 Å². The summed E-state index contributed by atoms with van der Waals surface area (Å²) in [5.74, 6) is 0. The standard InChI is InChI=1S/C13H16N2/c1-11-9-14-15(10-11)12(2)8-13-6-4-3-5-7-13/h3-7,9-10,12H,8H2,1-2H3. The van der Waals surface area contributed by atoms with Crippen molar-refractivity contribution < 1.29 is 0 Å². The largest absolute Gasteiger partial charge is 0.269 e. The summed E-state index contributed by atoms with van der Waals surface area (Å²) in [6, 6.07) is 10.9. The minimum absolute atomic E-state index is 0.418. The van der Waals surface area contributed by atoms with Gasteiger partial charge in [-0.25, -0.2) is 0 Å². The number of nitrogens with zero attached hydrogens (tertiary/aromatic N) is 2. The summed E-state index contributed by atoms with van der Waals surface area (Å²) in [5, 5.41) is 4.33. The second kappa shape index (κ2) is 4.30. The Bertz CT molecular complexity index is 417. The molecule has 1 aromatic carbocycles. The summed E-state index contributed by atoms with van der Waals surface area (Å²) in [4.78, 5) is 0. The SMILES string of the molecule is Cc1cnn(C(C)Cc2ccccc2)c1. The Hall–Kier alpha value is -1.57. The molecule has 0 aliphatic carbocycles. The third kappa shape index (κ3) is 2.46. The van der Waals surface area contributed by atoms with Gasteiger partial charge in [0.05, 0.1) is 12.2 Å². The summed E-state index contributed by atoms with van der Waals surface area (Å²) in [6.07, 6.45) is 5.02. The number of hydrogen-bond donors (Lipinski definition) is 0. The quantitative estimate of drug-likeness (QED) is 0.744. The van der Waals surface area contributed by atoms with Crippen LogP contribution in [0, 0.1) is 6.92 Å². The van der Waals surface area contributed by atoms with E-state index in [9.17, 15) is 0 Å². The fourth-order valence-corrected chi connectivity index (χ4v) is 1.72. The van der Waals surface area contributed by atoms with Crippen molar-refractivity contribution in [2.24, 2.45) is 0 Å². The smallest absolute Gasteiger partial charge is 0.0531 e. The van der Waals surface area contributed by atoms with Gasteiger partial charge in [-0.3, -0.25) is 4.68 Å². The van der Waals surface area contributed by atoms with E-state index in [4.69, 9.17) is 0 Å². The first-order valence-corrected chi connectivity index (χ1v) is 5.30. The molecule has 0 saturated heterocycles. The van der Waals surface area contributed by atoms with Crippen LogP contribution in [0.4, 0.5) is 0 Å². The Balaban J connectivity index is 2.07. The Morgan fingerprint density at radius 2 is 2.00 bits per heavy atom.